The number of piperazine rings is 1. The molecule has 3 aromatic heterocycles. The highest BCUT2D eigenvalue weighted by Gasteiger charge is 2.30. The molecule has 0 aliphatic carbocycles. The van der Waals surface area contributed by atoms with Crippen LogP contribution in [0.5, 0.6) is 0 Å². The monoisotopic (exact) mass is 607 g/mol. The average molecular weight is 608 g/mol. The van der Waals surface area contributed by atoms with Gasteiger partial charge < -0.3 is 20.3 Å². The summed E-state index contributed by atoms with van der Waals surface area (Å²) in [5.74, 6) is -0.111. The van der Waals surface area contributed by atoms with Crippen LogP contribution in [0.15, 0.2) is 58.5 Å². The van der Waals surface area contributed by atoms with Crippen LogP contribution in [0.4, 0.5) is 21.7 Å². The van der Waals surface area contributed by atoms with E-state index >= 15 is 4.39 Å². The Hall–Kier alpha value is -3.94. The number of anilines is 3. The quantitative estimate of drug-likeness (QED) is 0.322. The Kier molecular flexibility index (Phi) is 8.12. The summed E-state index contributed by atoms with van der Waals surface area (Å²) >= 11 is 0. The van der Waals surface area contributed by atoms with Crippen LogP contribution in [0, 0.1) is 5.82 Å². The Morgan fingerprint density at radius 1 is 1.12 bits per heavy atom. The number of benzene rings is 1. The molecule has 0 radical (unpaired) electrons. The van der Waals surface area contributed by atoms with Crippen molar-refractivity contribution in [3.63, 3.8) is 0 Å². The first-order valence-corrected chi connectivity index (χ1v) is 16.0. The Morgan fingerprint density at radius 3 is 2.63 bits per heavy atom. The van der Waals surface area contributed by atoms with Gasteiger partial charge in [-0.05, 0) is 63.1 Å². The summed E-state index contributed by atoms with van der Waals surface area (Å²) in [7, 11) is -3.54. The minimum Gasteiger partial charge on any atom is -0.381 e. The van der Waals surface area contributed by atoms with Gasteiger partial charge in [-0.2, -0.15) is 4.98 Å². The summed E-state index contributed by atoms with van der Waals surface area (Å²) < 4.78 is 48.0. The van der Waals surface area contributed by atoms with Gasteiger partial charge in [0.05, 0.1) is 27.1 Å². The van der Waals surface area contributed by atoms with Crippen LogP contribution in [-0.4, -0.2) is 72.1 Å². The molecular formula is C30H34FN7O4S. The molecule has 0 amide bonds. The third kappa shape index (κ3) is 5.84. The first kappa shape index (κ1) is 29.1. The lowest BCUT2D eigenvalue weighted by molar-refractivity contribution is 0.0983. The predicted octanol–water partition coefficient (Wildman–Crippen LogP) is 3.51. The second-order valence-corrected chi connectivity index (χ2v) is 13.1. The summed E-state index contributed by atoms with van der Waals surface area (Å²) in [6.07, 6.45) is 3.80. The van der Waals surface area contributed by atoms with Crippen molar-refractivity contribution in [2.75, 3.05) is 43.1 Å². The first-order chi connectivity index (χ1) is 20.7. The number of fused-ring (bicyclic) bond motifs is 1. The minimum absolute atomic E-state index is 0.130. The van der Waals surface area contributed by atoms with Gasteiger partial charge >= 0.3 is 0 Å². The normalized spacial score (nSPS) is 18.2. The van der Waals surface area contributed by atoms with E-state index < -0.39 is 15.1 Å². The van der Waals surface area contributed by atoms with Gasteiger partial charge in [0.1, 0.15) is 11.5 Å². The first-order valence-electron chi connectivity index (χ1n) is 14.5. The summed E-state index contributed by atoms with van der Waals surface area (Å²) in [6.45, 7) is 7.33. The molecular weight excluding hydrogens is 573 g/mol. The summed E-state index contributed by atoms with van der Waals surface area (Å²) in [4.78, 5) is 29.0. The molecule has 43 heavy (non-hydrogen) atoms. The van der Waals surface area contributed by atoms with Gasteiger partial charge in [-0.15, -0.1) is 0 Å². The van der Waals surface area contributed by atoms with E-state index in [9.17, 15) is 13.2 Å². The van der Waals surface area contributed by atoms with E-state index in [-0.39, 0.29) is 28.3 Å². The number of nitrogens with zero attached hydrogens (tertiary/aromatic N) is 5. The number of aryl methyl sites for hydroxylation is 1. The van der Waals surface area contributed by atoms with Gasteiger partial charge in [0, 0.05) is 68.9 Å². The molecule has 1 atom stereocenters. The van der Waals surface area contributed by atoms with Crippen molar-refractivity contribution < 1.29 is 17.5 Å². The Labute approximate surface area is 249 Å². The largest absolute Gasteiger partial charge is 0.381 e. The molecule has 226 valence electrons. The lowest BCUT2D eigenvalue weighted by atomic mass is 10.1. The van der Waals surface area contributed by atoms with E-state index in [0.717, 1.165) is 19.6 Å². The highest BCUT2D eigenvalue weighted by molar-refractivity contribution is 7.92. The van der Waals surface area contributed by atoms with Gasteiger partial charge in [0.15, 0.2) is 9.84 Å². The van der Waals surface area contributed by atoms with E-state index in [1.165, 1.54) is 22.9 Å². The maximum Gasteiger partial charge on any atom is 0.261 e. The number of hydrogen-bond acceptors (Lipinski definition) is 10. The lowest BCUT2D eigenvalue weighted by Gasteiger charge is -2.33. The Bertz CT molecular complexity index is 1810. The number of nitrogens with one attached hydrogen (secondary N) is 2. The number of sulfone groups is 1. The van der Waals surface area contributed by atoms with Gasteiger partial charge in [-0.3, -0.25) is 14.3 Å². The van der Waals surface area contributed by atoms with Crippen LogP contribution >= 0.6 is 0 Å². The highest BCUT2D eigenvalue weighted by atomic mass is 32.2. The second kappa shape index (κ2) is 12.0. The van der Waals surface area contributed by atoms with Crippen molar-refractivity contribution in [2.45, 2.75) is 49.4 Å². The zero-order valence-corrected chi connectivity index (χ0v) is 24.9. The maximum atomic E-state index is 15.0. The van der Waals surface area contributed by atoms with Gasteiger partial charge in [-0.1, -0.05) is 0 Å². The molecule has 6 rings (SSSR count). The fourth-order valence-electron chi connectivity index (χ4n) is 5.70. The molecule has 5 heterocycles. The zero-order chi connectivity index (χ0) is 30.1. The number of hydrogen-bond donors (Lipinski definition) is 2. The average Bonchev–Trinajstić information content (AvgIpc) is 3.01. The molecule has 0 spiro atoms. The van der Waals surface area contributed by atoms with Crippen molar-refractivity contribution in [3.8, 4) is 11.3 Å². The lowest BCUT2D eigenvalue weighted by Crippen LogP contribution is -2.49. The fourth-order valence-corrected chi connectivity index (χ4v) is 7.36. The van der Waals surface area contributed by atoms with Gasteiger partial charge in [0.25, 0.3) is 5.56 Å². The van der Waals surface area contributed by atoms with Crippen molar-refractivity contribution in [1.29, 1.82) is 0 Å². The second-order valence-electron chi connectivity index (χ2n) is 10.9. The molecule has 2 N–H and O–H groups in total. The molecule has 1 unspecified atom stereocenters. The van der Waals surface area contributed by atoms with Crippen LogP contribution in [-0.2, 0) is 21.1 Å². The molecule has 1 aromatic carbocycles. The van der Waals surface area contributed by atoms with Gasteiger partial charge in [0.2, 0.25) is 5.95 Å². The zero-order valence-electron chi connectivity index (χ0n) is 24.1. The Balaban J connectivity index is 1.26. The number of ether oxygens (including phenoxy) is 1. The number of pyridine rings is 2. The summed E-state index contributed by atoms with van der Waals surface area (Å²) in [5, 5.41) is 6.52. The highest BCUT2D eigenvalue weighted by Crippen LogP contribution is 2.27. The van der Waals surface area contributed by atoms with Crippen molar-refractivity contribution in [3.05, 3.63) is 65.0 Å². The predicted molar refractivity (Wildman–Crippen MR) is 163 cm³/mol. The van der Waals surface area contributed by atoms with Crippen LogP contribution in [0.25, 0.3) is 22.3 Å². The molecule has 2 aliphatic heterocycles. The molecule has 4 aromatic rings. The molecule has 0 saturated carbocycles. The third-order valence-electron chi connectivity index (χ3n) is 8.00. The molecule has 2 aliphatic rings. The number of aromatic nitrogens is 4. The molecule has 2 fully saturated rings. The maximum absolute atomic E-state index is 15.0. The molecule has 2 saturated heterocycles. The van der Waals surface area contributed by atoms with Crippen molar-refractivity contribution in [1.82, 2.24) is 24.8 Å². The Morgan fingerprint density at radius 2 is 1.93 bits per heavy atom. The smallest absolute Gasteiger partial charge is 0.261 e. The third-order valence-corrected chi connectivity index (χ3v) is 10.3. The number of rotatable bonds is 7. The minimum atomic E-state index is -3.54. The van der Waals surface area contributed by atoms with Crippen LogP contribution < -0.4 is 21.1 Å². The molecule has 13 heteroatoms. The van der Waals surface area contributed by atoms with E-state index in [1.54, 1.807) is 30.5 Å². The van der Waals surface area contributed by atoms with Crippen molar-refractivity contribution >= 4 is 38.2 Å². The molecule has 11 nitrogen and oxygen atoms in total. The van der Waals surface area contributed by atoms with Gasteiger partial charge in [-0.25, -0.2) is 17.8 Å². The van der Waals surface area contributed by atoms with E-state index in [4.69, 9.17) is 4.74 Å². The summed E-state index contributed by atoms with van der Waals surface area (Å²) in [6, 6.07) is 9.95. The standard InChI is InChI=1S/C30H34FN7O4S/c1-3-38-28-20(14-24(29(38)39)26-6-5-23(17-33-26)43(40,41)22-8-12-42-13-9-22)16-34-30(36-28)35-21-4-7-27(25(31)15-21)37-11-10-32-19(2)18-37/h4-7,14-17,19,22,32H,3,8-13,18H2,1-2H3,(H,34,35,36). The van der Waals surface area contributed by atoms with Crippen molar-refractivity contribution in [2.24, 2.45) is 0 Å². The van der Waals surface area contributed by atoms with Crippen LogP contribution in [0.3, 0.4) is 0 Å². The summed E-state index contributed by atoms with van der Waals surface area (Å²) in [5.41, 5.74) is 1.82. The van der Waals surface area contributed by atoms with Crippen LogP contribution in [0.1, 0.15) is 26.7 Å². The SMILES string of the molecule is CCn1c(=O)c(-c2ccc(S(=O)(=O)C3CCOCC3)cn2)cc2cnc(Nc3ccc(N4CCNC(C)C4)c(F)c3)nc21. The topological polar surface area (TPSA) is 131 Å². The van der Waals surface area contributed by atoms with E-state index in [1.807, 2.05) is 11.8 Å². The molecule has 0 bridgehead atoms. The van der Waals surface area contributed by atoms with E-state index in [2.05, 4.69) is 32.5 Å². The fraction of sp³-hybridized carbons (Fsp3) is 0.400. The number of halogens is 1. The van der Waals surface area contributed by atoms with Crippen LogP contribution in [0.2, 0.25) is 0 Å². The van der Waals surface area contributed by atoms with E-state index in [0.29, 0.717) is 66.3 Å².